The molecule has 0 fully saturated rings. The minimum absolute atomic E-state index is 0.0665. The van der Waals surface area contributed by atoms with Crippen molar-refractivity contribution in [2.45, 2.75) is 39.0 Å². The number of aromatic hydroxyl groups is 1. The smallest absolute Gasteiger partial charge is 0.138 e. The maximum atomic E-state index is 9.98. The fourth-order valence-corrected chi connectivity index (χ4v) is 2.02. The van der Waals surface area contributed by atoms with E-state index in [1.165, 1.54) is 0 Å². The number of nitrogens with one attached hydrogen (secondary N) is 1. The Bertz CT molecular complexity index is 540. The van der Waals surface area contributed by atoms with Gasteiger partial charge < -0.3 is 19.9 Å². The molecule has 0 aliphatic rings. The molecule has 2 rings (SSSR count). The lowest BCUT2D eigenvalue weighted by molar-refractivity contribution is 0.128. The van der Waals surface area contributed by atoms with Gasteiger partial charge in [-0.05, 0) is 44.5 Å². The minimum Gasteiger partial charge on any atom is -0.506 e. The first-order valence-electron chi connectivity index (χ1n) is 6.66. The van der Waals surface area contributed by atoms with Gasteiger partial charge in [-0.25, -0.2) is 0 Å². The average molecular weight is 276 g/mol. The van der Waals surface area contributed by atoms with E-state index in [0.29, 0.717) is 24.4 Å². The molecule has 5 heteroatoms. The first kappa shape index (κ1) is 14.6. The van der Waals surface area contributed by atoms with Crippen molar-refractivity contribution in [3.05, 3.63) is 47.7 Å². The fourth-order valence-electron chi connectivity index (χ4n) is 2.02. The number of hydrogen-bond donors (Lipinski definition) is 3. The van der Waals surface area contributed by atoms with Crippen molar-refractivity contribution in [1.29, 1.82) is 0 Å². The van der Waals surface area contributed by atoms with Gasteiger partial charge in [-0.15, -0.1) is 0 Å². The quantitative estimate of drug-likeness (QED) is 0.754. The third-order valence-corrected chi connectivity index (χ3v) is 3.16. The molecule has 108 valence electrons. The monoisotopic (exact) mass is 276 g/mol. The van der Waals surface area contributed by atoms with Crippen LogP contribution in [0.25, 0.3) is 0 Å². The molecule has 0 amide bonds. The maximum absolute atomic E-state index is 9.98. The molecule has 0 aliphatic carbocycles. The zero-order valence-electron chi connectivity index (χ0n) is 11.7. The molecule has 0 saturated heterocycles. The second-order valence-corrected chi connectivity index (χ2v) is 4.97. The molecule has 0 saturated carbocycles. The number of hydrogen-bond acceptors (Lipinski definition) is 5. The van der Waals surface area contributed by atoms with Crippen LogP contribution in [0.15, 0.2) is 34.9 Å². The van der Waals surface area contributed by atoms with Crippen molar-refractivity contribution in [3.63, 3.8) is 0 Å². The van der Waals surface area contributed by atoms with Crippen LogP contribution in [-0.4, -0.2) is 21.2 Å². The number of rotatable bonds is 6. The maximum Gasteiger partial charge on any atom is 0.138 e. The van der Waals surface area contributed by atoms with Gasteiger partial charge in [0.05, 0.1) is 12.0 Å². The standard InChI is InChI=1S/C15H20N2O3/c1-10-5-6-13(18)12(17-10)9-16-11(2)8-14(19)15-4-3-7-20-15/h3-7,11,14,16,18-19H,8-9H2,1-2H3. The van der Waals surface area contributed by atoms with Gasteiger partial charge in [-0.2, -0.15) is 0 Å². The molecule has 0 bridgehead atoms. The molecule has 2 heterocycles. The molecule has 0 spiro atoms. The Morgan fingerprint density at radius 3 is 2.85 bits per heavy atom. The summed E-state index contributed by atoms with van der Waals surface area (Å²) in [7, 11) is 0. The third-order valence-electron chi connectivity index (χ3n) is 3.16. The first-order valence-corrected chi connectivity index (χ1v) is 6.66. The van der Waals surface area contributed by atoms with E-state index in [4.69, 9.17) is 4.42 Å². The van der Waals surface area contributed by atoms with E-state index < -0.39 is 6.10 Å². The highest BCUT2D eigenvalue weighted by Gasteiger charge is 2.15. The van der Waals surface area contributed by atoms with Crippen LogP contribution < -0.4 is 5.32 Å². The van der Waals surface area contributed by atoms with E-state index in [9.17, 15) is 10.2 Å². The highest BCUT2D eigenvalue weighted by Crippen LogP contribution is 2.19. The number of pyridine rings is 1. The van der Waals surface area contributed by atoms with Crippen LogP contribution in [-0.2, 0) is 6.54 Å². The second kappa shape index (κ2) is 6.54. The van der Waals surface area contributed by atoms with Gasteiger partial charge in [-0.1, -0.05) is 0 Å². The Balaban J connectivity index is 1.86. The Morgan fingerprint density at radius 2 is 2.15 bits per heavy atom. The van der Waals surface area contributed by atoms with Crippen molar-refractivity contribution in [2.24, 2.45) is 0 Å². The third kappa shape index (κ3) is 3.82. The van der Waals surface area contributed by atoms with Crippen LogP contribution in [0.1, 0.15) is 36.6 Å². The molecule has 0 aromatic carbocycles. The fraction of sp³-hybridized carbons (Fsp3) is 0.400. The zero-order chi connectivity index (χ0) is 14.5. The number of aromatic nitrogens is 1. The summed E-state index contributed by atoms with van der Waals surface area (Å²) in [5.41, 5.74) is 1.48. The molecule has 5 nitrogen and oxygen atoms in total. The highest BCUT2D eigenvalue weighted by atomic mass is 16.4. The normalized spacial score (nSPS) is 14.2. The molecule has 2 unspecified atom stereocenters. The first-order chi connectivity index (χ1) is 9.56. The molecule has 20 heavy (non-hydrogen) atoms. The van der Waals surface area contributed by atoms with Crippen LogP contribution in [0.4, 0.5) is 0 Å². The van der Waals surface area contributed by atoms with Gasteiger partial charge >= 0.3 is 0 Å². The summed E-state index contributed by atoms with van der Waals surface area (Å²) in [5, 5.41) is 22.9. The summed E-state index contributed by atoms with van der Waals surface area (Å²) in [6.07, 6.45) is 1.44. The lowest BCUT2D eigenvalue weighted by atomic mass is 10.1. The van der Waals surface area contributed by atoms with Gasteiger partial charge in [0.2, 0.25) is 0 Å². The van der Waals surface area contributed by atoms with Gasteiger partial charge in [0.1, 0.15) is 17.6 Å². The lowest BCUT2D eigenvalue weighted by Gasteiger charge is -2.17. The molecule has 3 N–H and O–H groups in total. The summed E-state index contributed by atoms with van der Waals surface area (Å²) >= 11 is 0. The molecular formula is C15H20N2O3. The average Bonchev–Trinajstić information content (AvgIpc) is 2.94. The second-order valence-electron chi connectivity index (χ2n) is 4.97. The molecule has 2 atom stereocenters. The van der Waals surface area contributed by atoms with Crippen molar-refractivity contribution in [2.75, 3.05) is 0 Å². The van der Waals surface area contributed by atoms with Gasteiger partial charge in [0, 0.05) is 18.3 Å². The van der Waals surface area contributed by atoms with E-state index in [0.717, 1.165) is 5.69 Å². The Morgan fingerprint density at radius 1 is 1.35 bits per heavy atom. The van der Waals surface area contributed by atoms with E-state index in [-0.39, 0.29) is 11.8 Å². The predicted octanol–water partition coefficient (Wildman–Crippen LogP) is 2.29. The van der Waals surface area contributed by atoms with Gasteiger partial charge in [0.15, 0.2) is 0 Å². The van der Waals surface area contributed by atoms with Gasteiger partial charge in [-0.3, -0.25) is 4.98 Å². The number of furan rings is 1. The summed E-state index contributed by atoms with van der Waals surface area (Å²) < 4.78 is 5.16. The molecular weight excluding hydrogens is 256 g/mol. The Hall–Kier alpha value is -1.85. The van der Waals surface area contributed by atoms with Crippen molar-refractivity contribution < 1.29 is 14.6 Å². The molecule has 0 radical (unpaired) electrons. The SMILES string of the molecule is Cc1ccc(O)c(CNC(C)CC(O)c2ccco2)n1. The van der Waals surface area contributed by atoms with Crippen molar-refractivity contribution in [3.8, 4) is 5.75 Å². The van der Waals surface area contributed by atoms with Crippen LogP contribution in [0.3, 0.4) is 0 Å². The Kier molecular flexibility index (Phi) is 4.76. The van der Waals surface area contributed by atoms with Crippen molar-refractivity contribution >= 4 is 0 Å². The number of aliphatic hydroxyl groups excluding tert-OH is 1. The van der Waals surface area contributed by atoms with E-state index in [1.807, 2.05) is 13.8 Å². The Labute approximate surface area is 118 Å². The molecule has 2 aromatic heterocycles. The van der Waals surface area contributed by atoms with Crippen LogP contribution in [0.5, 0.6) is 5.75 Å². The van der Waals surface area contributed by atoms with Gasteiger partial charge in [0.25, 0.3) is 0 Å². The summed E-state index contributed by atoms with van der Waals surface area (Å²) in [6, 6.07) is 6.98. The van der Waals surface area contributed by atoms with Crippen LogP contribution >= 0.6 is 0 Å². The lowest BCUT2D eigenvalue weighted by Crippen LogP contribution is -2.27. The summed E-state index contributed by atoms with van der Waals surface area (Å²) in [6.45, 7) is 4.31. The van der Waals surface area contributed by atoms with E-state index >= 15 is 0 Å². The largest absolute Gasteiger partial charge is 0.506 e. The summed E-state index contributed by atoms with van der Waals surface area (Å²) in [5.74, 6) is 0.747. The van der Waals surface area contributed by atoms with Crippen molar-refractivity contribution in [1.82, 2.24) is 10.3 Å². The molecule has 0 aliphatic heterocycles. The predicted molar refractivity (Wildman–Crippen MR) is 75.2 cm³/mol. The van der Waals surface area contributed by atoms with E-state index in [2.05, 4.69) is 10.3 Å². The minimum atomic E-state index is -0.633. The number of aryl methyl sites for hydroxylation is 1. The number of aliphatic hydroxyl groups is 1. The summed E-state index contributed by atoms with van der Waals surface area (Å²) in [4.78, 5) is 4.28. The number of nitrogens with zero attached hydrogens (tertiary/aromatic N) is 1. The van der Waals surface area contributed by atoms with Crippen LogP contribution in [0.2, 0.25) is 0 Å². The highest BCUT2D eigenvalue weighted by molar-refractivity contribution is 5.27. The zero-order valence-corrected chi connectivity index (χ0v) is 11.7. The van der Waals surface area contributed by atoms with Crippen LogP contribution in [0, 0.1) is 6.92 Å². The topological polar surface area (TPSA) is 78.5 Å². The molecule has 2 aromatic rings. The van der Waals surface area contributed by atoms with E-state index in [1.54, 1.807) is 30.5 Å².